The predicted octanol–water partition coefficient (Wildman–Crippen LogP) is 23.0. The maximum absolute atomic E-state index is 2.47. The zero-order valence-electron chi connectivity index (χ0n) is 53.4. The van der Waals surface area contributed by atoms with Crippen molar-refractivity contribution in [1.29, 1.82) is 0 Å². The van der Waals surface area contributed by atoms with E-state index in [2.05, 4.69) is 161 Å². The van der Waals surface area contributed by atoms with Gasteiger partial charge in [0.15, 0.2) is 0 Å². The van der Waals surface area contributed by atoms with Gasteiger partial charge >= 0.3 is 0 Å². The van der Waals surface area contributed by atoms with E-state index >= 15 is 0 Å². The van der Waals surface area contributed by atoms with Crippen LogP contribution in [-0.4, -0.2) is 0 Å². The summed E-state index contributed by atoms with van der Waals surface area (Å²) in [6.45, 7) is 55.0. The van der Waals surface area contributed by atoms with E-state index in [1.807, 2.05) is 41.5 Å². The molecule has 0 heterocycles. The summed E-state index contributed by atoms with van der Waals surface area (Å²) in [7, 11) is 0. The lowest BCUT2D eigenvalue weighted by molar-refractivity contribution is 0.350. The Morgan fingerprint density at radius 1 is 0.247 bits per heavy atom. The van der Waals surface area contributed by atoms with Gasteiger partial charge in [0.2, 0.25) is 0 Å². The van der Waals surface area contributed by atoms with Crippen LogP contribution in [0.25, 0.3) is 0 Å². The SMILES string of the molecule is CC.CC.CC.CC(C)(C)c1ccc(C(C)(C)C)c2c1CC1CCCCCC21.CC(C)(C)c1ccc(C(C)(C)C)c2c1CC1CCCCCC21.CC(C)(C)c1ccc(C(C)(C)C)c2c1CC1CCCCCCC21. The third kappa shape index (κ3) is 15.0. The van der Waals surface area contributed by atoms with E-state index < -0.39 is 0 Å². The van der Waals surface area contributed by atoms with Crippen molar-refractivity contribution in [2.24, 2.45) is 17.8 Å². The predicted molar refractivity (Wildman–Crippen MR) is 329 cm³/mol. The highest BCUT2D eigenvalue weighted by Crippen LogP contribution is 2.54. The van der Waals surface area contributed by atoms with Gasteiger partial charge < -0.3 is 0 Å². The third-order valence-electron chi connectivity index (χ3n) is 18.2. The lowest BCUT2D eigenvalue weighted by atomic mass is 9.74. The molecule has 3 saturated carbocycles. The van der Waals surface area contributed by atoms with Gasteiger partial charge in [-0.3, -0.25) is 0 Å². The van der Waals surface area contributed by atoms with E-state index in [0.717, 1.165) is 35.5 Å². The first kappa shape index (κ1) is 63.2. The van der Waals surface area contributed by atoms with Crippen molar-refractivity contribution in [3.05, 3.63) is 103 Å². The Kier molecular flexibility index (Phi) is 22.4. The van der Waals surface area contributed by atoms with Gasteiger partial charge in [0.1, 0.15) is 0 Å². The largest absolute Gasteiger partial charge is 0.0683 e. The number of fused-ring (bicyclic) bond motifs is 9. The van der Waals surface area contributed by atoms with E-state index in [1.54, 1.807) is 66.8 Å². The molecule has 3 aromatic rings. The molecule has 6 atom stereocenters. The number of rotatable bonds is 0. The topological polar surface area (TPSA) is 0 Å². The highest BCUT2D eigenvalue weighted by atomic mass is 14.5. The fraction of sp³-hybridized carbons (Fsp3) is 0.753. The van der Waals surface area contributed by atoms with E-state index in [1.165, 1.54) is 122 Å². The van der Waals surface area contributed by atoms with Crippen LogP contribution in [0.2, 0.25) is 0 Å². The summed E-state index contributed by atoms with van der Waals surface area (Å²) >= 11 is 0. The Hall–Kier alpha value is -2.34. The van der Waals surface area contributed by atoms with Crippen molar-refractivity contribution < 1.29 is 0 Å². The molecule has 0 N–H and O–H groups in total. The van der Waals surface area contributed by atoms with Gasteiger partial charge in [-0.05, 0) is 193 Å². The molecule has 3 fully saturated rings. The fourth-order valence-electron chi connectivity index (χ4n) is 15.0. The van der Waals surface area contributed by atoms with Crippen molar-refractivity contribution in [1.82, 2.24) is 0 Å². The van der Waals surface area contributed by atoms with Crippen molar-refractivity contribution >= 4 is 0 Å². The maximum Gasteiger partial charge on any atom is -0.0125 e. The van der Waals surface area contributed by atoms with Crippen LogP contribution < -0.4 is 0 Å². The van der Waals surface area contributed by atoms with Crippen molar-refractivity contribution in [3.8, 4) is 0 Å². The molecule has 6 aliphatic rings. The zero-order chi connectivity index (χ0) is 55.1. The van der Waals surface area contributed by atoms with Crippen LogP contribution in [0.5, 0.6) is 0 Å². The molecule has 6 unspecified atom stereocenters. The van der Waals surface area contributed by atoms with Gasteiger partial charge in [-0.15, -0.1) is 0 Å². The molecule has 0 spiro atoms. The van der Waals surface area contributed by atoms with Crippen molar-refractivity contribution in [3.63, 3.8) is 0 Å². The fourth-order valence-corrected chi connectivity index (χ4v) is 15.0. The van der Waals surface area contributed by atoms with Crippen LogP contribution >= 0.6 is 0 Å². The molecule has 0 aromatic heterocycles. The van der Waals surface area contributed by atoms with E-state index in [0.29, 0.717) is 0 Å². The molecule has 0 bridgehead atoms. The second-order valence-corrected chi connectivity index (χ2v) is 29.6. The highest BCUT2D eigenvalue weighted by Gasteiger charge is 2.42. The first-order valence-corrected chi connectivity index (χ1v) is 31.6. The minimum Gasteiger partial charge on any atom is -0.0683 e. The van der Waals surface area contributed by atoms with Gasteiger partial charge in [-0.1, -0.05) is 267 Å². The van der Waals surface area contributed by atoms with Gasteiger partial charge in [0.05, 0.1) is 0 Å². The monoisotopic (exact) mass is 999 g/mol. The molecule has 0 nitrogen and oxygen atoms in total. The van der Waals surface area contributed by atoms with Crippen LogP contribution in [0, 0.1) is 17.8 Å². The van der Waals surface area contributed by atoms with E-state index in [4.69, 9.17) is 0 Å². The molecule has 0 radical (unpaired) electrons. The zero-order valence-corrected chi connectivity index (χ0v) is 53.4. The molecular weight excluding hydrogens is 877 g/mol. The lowest BCUT2D eigenvalue weighted by Crippen LogP contribution is -2.20. The number of hydrogen-bond acceptors (Lipinski definition) is 0. The van der Waals surface area contributed by atoms with Crippen LogP contribution in [0.3, 0.4) is 0 Å². The Balaban J connectivity index is 0.000000225. The van der Waals surface area contributed by atoms with Gasteiger partial charge in [-0.2, -0.15) is 0 Å². The summed E-state index contributed by atoms with van der Waals surface area (Å²) in [5, 5.41) is 0. The summed E-state index contributed by atoms with van der Waals surface area (Å²) in [4.78, 5) is 0. The van der Waals surface area contributed by atoms with E-state index in [9.17, 15) is 0 Å². The van der Waals surface area contributed by atoms with Crippen molar-refractivity contribution in [2.75, 3.05) is 0 Å². The molecule has 0 heteroatoms. The summed E-state index contributed by atoms with van der Waals surface area (Å²) in [5.74, 6) is 5.27. The maximum atomic E-state index is 2.47. The second-order valence-electron chi connectivity index (χ2n) is 29.6. The first-order valence-electron chi connectivity index (χ1n) is 31.6. The summed E-state index contributed by atoms with van der Waals surface area (Å²) in [6.07, 6.45) is 27.1. The highest BCUT2D eigenvalue weighted by molar-refractivity contribution is 5.54. The second kappa shape index (κ2) is 25.9. The van der Waals surface area contributed by atoms with E-state index in [-0.39, 0.29) is 32.5 Å². The van der Waals surface area contributed by atoms with Crippen LogP contribution in [0.4, 0.5) is 0 Å². The third-order valence-corrected chi connectivity index (χ3v) is 18.2. The smallest absolute Gasteiger partial charge is 0.0125 e. The average molecular weight is 1000 g/mol. The van der Waals surface area contributed by atoms with Crippen LogP contribution in [0.1, 0.15) is 353 Å². The molecule has 414 valence electrons. The van der Waals surface area contributed by atoms with Crippen LogP contribution in [-0.2, 0) is 51.8 Å². The van der Waals surface area contributed by atoms with Gasteiger partial charge in [0.25, 0.3) is 0 Å². The van der Waals surface area contributed by atoms with Gasteiger partial charge in [-0.25, -0.2) is 0 Å². The molecule has 0 saturated heterocycles. The Morgan fingerprint density at radius 2 is 0.425 bits per heavy atom. The first-order chi connectivity index (χ1) is 34.1. The summed E-state index contributed by atoms with van der Waals surface area (Å²) < 4.78 is 0. The lowest BCUT2D eigenvalue weighted by Gasteiger charge is -2.31. The normalized spacial score (nSPS) is 23.7. The van der Waals surface area contributed by atoms with Gasteiger partial charge in [0, 0.05) is 0 Å². The molecule has 9 rings (SSSR count). The molecule has 73 heavy (non-hydrogen) atoms. The quantitative estimate of drug-likeness (QED) is 0.211. The Labute approximate surface area is 457 Å². The standard InChI is InChI=1S/C23H36.2C22H34.3C2H6/c1-22(2,3)19-13-14-20(23(4,5)6)21-17-12-10-8-7-9-11-16(17)15-18(19)21;2*1-21(2,3)18-12-13-19(22(4,5)6)20-16-11-9-7-8-10-15(16)14-17(18)20;3*1-2/h13-14,16-17H,7-12,15H2,1-6H3;2*12-13,15-16H,7-11,14H2,1-6H3;3*1-2H3. The molecule has 0 amide bonds. The van der Waals surface area contributed by atoms with Crippen molar-refractivity contribution in [2.45, 2.75) is 338 Å². The summed E-state index contributed by atoms with van der Waals surface area (Å²) in [5.41, 5.74) is 21.9. The Morgan fingerprint density at radius 3 is 0.630 bits per heavy atom. The molecule has 3 aromatic carbocycles. The molecule has 0 aliphatic heterocycles. The molecular formula is C73H122. The Bertz CT molecular complexity index is 2060. The minimum absolute atomic E-state index is 0.262. The average Bonchev–Trinajstić information content (AvgIpc) is 3.81. The number of hydrogen-bond donors (Lipinski definition) is 0. The van der Waals surface area contributed by atoms with Crippen LogP contribution in [0.15, 0.2) is 36.4 Å². The number of benzene rings is 3. The molecule has 6 aliphatic carbocycles. The summed E-state index contributed by atoms with van der Waals surface area (Å²) in [6, 6.07) is 14.8. The minimum atomic E-state index is 0.262.